The fourth-order valence-corrected chi connectivity index (χ4v) is 1.75. The van der Waals surface area contributed by atoms with Crippen LogP contribution in [0.15, 0.2) is 36.7 Å². The van der Waals surface area contributed by atoms with E-state index in [4.69, 9.17) is 4.74 Å². The first-order valence-corrected chi connectivity index (χ1v) is 5.58. The summed E-state index contributed by atoms with van der Waals surface area (Å²) < 4.78 is 19.0. The van der Waals surface area contributed by atoms with Crippen LogP contribution in [0.25, 0.3) is 0 Å². The van der Waals surface area contributed by atoms with Crippen LogP contribution in [0.2, 0.25) is 0 Å². The van der Waals surface area contributed by atoms with E-state index in [0.717, 1.165) is 0 Å². The summed E-state index contributed by atoms with van der Waals surface area (Å²) in [6.45, 7) is 1.83. The van der Waals surface area contributed by atoms with E-state index in [9.17, 15) is 4.39 Å². The average molecular weight is 247 g/mol. The number of methoxy groups -OCH3 is 1. The number of aromatic nitrogens is 2. The van der Waals surface area contributed by atoms with Crippen molar-refractivity contribution in [2.45, 2.75) is 13.0 Å². The van der Waals surface area contributed by atoms with E-state index in [1.165, 1.54) is 13.2 Å². The molecule has 0 saturated heterocycles. The molecule has 0 fully saturated rings. The number of benzene rings is 1. The van der Waals surface area contributed by atoms with Crippen LogP contribution in [-0.2, 0) is 0 Å². The van der Waals surface area contributed by atoms with Gasteiger partial charge in [0, 0.05) is 12.4 Å². The zero-order chi connectivity index (χ0) is 13.0. The third kappa shape index (κ3) is 2.56. The van der Waals surface area contributed by atoms with Crippen molar-refractivity contribution in [3.63, 3.8) is 0 Å². The fraction of sp³-hybridized carbons (Fsp3) is 0.231. The van der Waals surface area contributed by atoms with Crippen LogP contribution in [0.4, 0.5) is 10.3 Å². The lowest BCUT2D eigenvalue weighted by atomic mass is 10.1. The van der Waals surface area contributed by atoms with E-state index < -0.39 is 0 Å². The number of hydrogen-bond acceptors (Lipinski definition) is 4. The predicted octanol–water partition coefficient (Wildman–Crippen LogP) is 2.80. The van der Waals surface area contributed by atoms with E-state index in [2.05, 4.69) is 15.3 Å². The maximum atomic E-state index is 13.8. The normalized spacial score (nSPS) is 11.9. The molecule has 5 heteroatoms. The smallest absolute Gasteiger partial charge is 0.223 e. The van der Waals surface area contributed by atoms with Crippen molar-refractivity contribution in [1.82, 2.24) is 9.97 Å². The third-order valence-corrected chi connectivity index (χ3v) is 2.58. The highest BCUT2D eigenvalue weighted by atomic mass is 19.1. The van der Waals surface area contributed by atoms with Crippen molar-refractivity contribution in [2.24, 2.45) is 0 Å². The molecule has 0 aliphatic heterocycles. The summed E-state index contributed by atoms with van der Waals surface area (Å²) >= 11 is 0. The molecule has 0 bridgehead atoms. The highest BCUT2D eigenvalue weighted by molar-refractivity contribution is 5.41. The Morgan fingerprint density at radius 1 is 1.22 bits per heavy atom. The molecule has 1 aromatic heterocycles. The summed E-state index contributed by atoms with van der Waals surface area (Å²) in [7, 11) is 1.52. The molecular weight excluding hydrogens is 233 g/mol. The van der Waals surface area contributed by atoms with Gasteiger partial charge in [-0.3, -0.25) is 0 Å². The highest BCUT2D eigenvalue weighted by Crippen LogP contribution is 2.29. The van der Waals surface area contributed by atoms with Gasteiger partial charge in [0.15, 0.2) is 0 Å². The van der Waals surface area contributed by atoms with Gasteiger partial charge in [-0.2, -0.15) is 0 Å². The number of nitrogens with one attached hydrogen (secondary N) is 1. The van der Waals surface area contributed by atoms with E-state index >= 15 is 0 Å². The molecule has 2 aromatic rings. The molecule has 0 radical (unpaired) electrons. The molecule has 0 amide bonds. The SMILES string of the molecule is COc1cccc(F)c1C(C)Nc1ncccn1. The van der Waals surface area contributed by atoms with E-state index in [1.807, 2.05) is 6.92 Å². The van der Waals surface area contributed by atoms with Crippen molar-refractivity contribution in [3.8, 4) is 5.75 Å². The van der Waals surface area contributed by atoms with E-state index in [0.29, 0.717) is 17.3 Å². The van der Waals surface area contributed by atoms with Crippen molar-refractivity contribution < 1.29 is 9.13 Å². The van der Waals surface area contributed by atoms with Gasteiger partial charge in [0.25, 0.3) is 0 Å². The molecule has 1 atom stereocenters. The standard InChI is InChI=1S/C13H14FN3O/c1-9(17-13-15-7-4-8-16-13)12-10(14)5-3-6-11(12)18-2/h3-9H,1-2H3,(H,15,16,17). The first-order chi connectivity index (χ1) is 8.72. The minimum absolute atomic E-state index is 0.288. The largest absolute Gasteiger partial charge is 0.496 e. The van der Waals surface area contributed by atoms with E-state index in [1.54, 1.807) is 30.6 Å². The lowest BCUT2D eigenvalue weighted by Gasteiger charge is -2.17. The van der Waals surface area contributed by atoms with Crippen LogP contribution >= 0.6 is 0 Å². The van der Waals surface area contributed by atoms with Crippen LogP contribution in [-0.4, -0.2) is 17.1 Å². The summed E-state index contributed by atoms with van der Waals surface area (Å²) in [6, 6.07) is 6.18. The summed E-state index contributed by atoms with van der Waals surface area (Å²) in [5.74, 6) is 0.645. The summed E-state index contributed by atoms with van der Waals surface area (Å²) in [5, 5.41) is 3.03. The van der Waals surface area contributed by atoms with Crippen LogP contribution in [0.5, 0.6) is 5.75 Å². The predicted molar refractivity (Wildman–Crippen MR) is 67.0 cm³/mol. The Hall–Kier alpha value is -2.17. The number of anilines is 1. The second-order valence-electron chi connectivity index (χ2n) is 3.79. The number of rotatable bonds is 4. The fourth-order valence-electron chi connectivity index (χ4n) is 1.75. The first kappa shape index (κ1) is 12.3. The summed E-state index contributed by atoms with van der Waals surface area (Å²) in [6.07, 6.45) is 3.25. The summed E-state index contributed by atoms with van der Waals surface area (Å²) in [4.78, 5) is 8.09. The Kier molecular flexibility index (Phi) is 3.72. The van der Waals surface area contributed by atoms with Gasteiger partial charge in [-0.25, -0.2) is 14.4 Å². The molecule has 2 rings (SSSR count). The first-order valence-electron chi connectivity index (χ1n) is 5.58. The van der Waals surface area contributed by atoms with Crippen LogP contribution in [0.3, 0.4) is 0 Å². The van der Waals surface area contributed by atoms with Crippen molar-refractivity contribution in [2.75, 3.05) is 12.4 Å². The van der Waals surface area contributed by atoms with Crippen molar-refractivity contribution in [3.05, 3.63) is 48.0 Å². The summed E-state index contributed by atoms with van der Waals surface area (Å²) in [5.41, 5.74) is 0.465. The Labute approximate surface area is 105 Å². The van der Waals surface area contributed by atoms with Gasteiger partial charge < -0.3 is 10.1 Å². The van der Waals surface area contributed by atoms with E-state index in [-0.39, 0.29) is 11.9 Å². The van der Waals surface area contributed by atoms with Gasteiger partial charge in [-0.1, -0.05) is 6.07 Å². The Balaban J connectivity index is 2.26. The number of hydrogen-bond donors (Lipinski definition) is 1. The van der Waals surface area contributed by atoms with Crippen LogP contribution in [0.1, 0.15) is 18.5 Å². The van der Waals surface area contributed by atoms with Gasteiger partial charge >= 0.3 is 0 Å². The Morgan fingerprint density at radius 3 is 2.61 bits per heavy atom. The molecular formula is C13H14FN3O. The van der Waals surface area contributed by atoms with Crippen LogP contribution in [0, 0.1) is 5.82 Å². The minimum atomic E-state index is -0.315. The molecule has 1 aromatic carbocycles. The molecule has 1 N–H and O–H groups in total. The molecule has 0 aliphatic rings. The second-order valence-corrected chi connectivity index (χ2v) is 3.79. The lowest BCUT2D eigenvalue weighted by molar-refractivity contribution is 0.402. The zero-order valence-electron chi connectivity index (χ0n) is 10.2. The van der Waals surface area contributed by atoms with Crippen molar-refractivity contribution >= 4 is 5.95 Å². The number of ether oxygens (including phenoxy) is 1. The monoisotopic (exact) mass is 247 g/mol. The topological polar surface area (TPSA) is 47.0 Å². The Bertz CT molecular complexity index is 519. The Morgan fingerprint density at radius 2 is 1.94 bits per heavy atom. The lowest BCUT2D eigenvalue weighted by Crippen LogP contribution is -2.12. The highest BCUT2D eigenvalue weighted by Gasteiger charge is 2.16. The molecule has 94 valence electrons. The molecule has 18 heavy (non-hydrogen) atoms. The molecule has 1 heterocycles. The molecule has 0 spiro atoms. The maximum absolute atomic E-state index is 13.8. The molecule has 0 saturated carbocycles. The molecule has 1 unspecified atom stereocenters. The van der Waals surface area contributed by atoms with Crippen LogP contribution < -0.4 is 10.1 Å². The van der Waals surface area contributed by atoms with Gasteiger partial charge in [0.2, 0.25) is 5.95 Å². The zero-order valence-corrected chi connectivity index (χ0v) is 10.2. The van der Waals surface area contributed by atoms with Gasteiger partial charge in [-0.15, -0.1) is 0 Å². The molecule has 0 aliphatic carbocycles. The van der Waals surface area contributed by atoms with Gasteiger partial charge in [0.05, 0.1) is 18.7 Å². The average Bonchev–Trinajstić information content (AvgIpc) is 2.39. The number of halogens is 1. The van der Waals surface area contributed by atoms with Gasteiger partial charge in [0.1, 0.15) is 11.6 Å². The third-order valence-electron chi connectivity index (χ3n) is 2.58. The number of nitrogens with zero attached hydrogens (tertiary/aromatic N) is 2. The maximum Gasteiger partial charge on any atom is 0.223 e. The second kappa shape index (κ2) is 5.44. The van der Waals surface area contributed by atoms with Gasteiger partial charge in [-0.05, 0) is 25.1 Å². The quantitative estimate of drug-likeness (QED) is 0.902. The minimum Gasteiger partial charge on any atom is -0.496 e. The molecule has 4 nitrogen and oxygen atoms in total. The van der Waals surface area contributed by atoms with Crippen molar-refractivity contribution in [1.29, 1.82) is 0 Å².